The molecule has 0 unspecified atom stereocenters. The van der Waals surface area contributed by atoms with E-state index in [1.807, 2.05) is 48.5 Å². The van der Waals surface area contributed by atoms with E-state index in [0.717, 1.165) is 55.6 Å². The van der Waals surface area contributed by atoms with Gasteiger partial charge < -0.3 is 14.0 Å². The van der Waals surface area contributed by atoms with Gasteiger partial charge in [-0.25, -0.2) is 0 Å². The number of imidazole rings is 1. The Kier molecular flexibility index (Phi) is 9.90. The molecule has 7 aromatic carbocycles. The smallest absolute Gasteiger partial charge is 0.121 e. The molecule has 5 heteroatoms. The van der Waals surface area contributed by atoms with Crippen molar-refractivity contribution in [2.24, 2.45) is 0 Å². The van der Waals surface area contributed by atoms with Crippen molar-refractivity contribution in [1.29, 1.82) is 0 Å². The number of para-hydroxylation sites is 3. The molecule has 0 saturated heterocycles. The number of rotatable bonds is 5. The number of hydrogen-bond donors (Lipinski definition) is 0. The van der Waals surface area contributed by atoms with Crippen LogP contribution in [0, 0.1) is 12.1 Å². The van der Waals surface area contributed by atoms with Crippen LogP contribution in [0.15, 0.2) is 168 Å². The maximum atomic E-state index is 6.95. The summed E-state index contributed by atoms with van der Waals surface area (Å²) < 4.78 is 9.32. The van der Waals surface area contributed by atoms with Gasteiger partial charge in [-0.3, -0.25) is 4.98 Å². The van der Waals surface area contributed by atoms with Crippen LogP contribution in [-0.4, -0.2) is 14.5 Å². The van der Waals surface area contributed by atoms with E-state index in [0.29, 0.717) is 11.8 Å². The standard InChI is InChI=1S/C45H35N2O.C11H8N.Ir/c1-25(2)27-17-11-18-28(26(3)4)43(27)47-39-22-10-9-21-38(39)46-45(47)34-20-12-19-33-35-23-36-37(24-40(35)48-44(33)34)42-31-15-7-5-13-29(31)41(36)30-14-6-8-16-32(30)42;1-2-6-10(7-3-1)11-8-4-5-9-12-11;/h5-19,21-26,41-42H,1-4H3;1-6,8-9H;/q2*-1;. The fourth-order valence-corrected chi connectivity index (χ4v) is 9.83. The first kappa shape index (κ1) is 38.8. The predicted molar refractivity (Wildman–Crippen MR) is 244 cm³/mol. The van der Waals surface area contributed by atoms with E-state index in [-0.39, 0.29) is 31.9 Å². The molecular weight excluding hydrogens is 923 g/mol. The van der Waals surface area contributed by atoms with Crippen molar-refractivity contribution >= 4 is 33.0 Å². The maximum Gasteiger partial charge on any atom is 0.121 e. The van der Waals surface area contributed by atoms with Crippen molar-refractivity contribution in [1.82, 2.24) is 14.5 Å². The summed E-state index contributed by atoms with van der Waals surface area (Å²) in [4.78, 5) is 9.54. The first-order chi connectivity index (χ1) is 29.5. The van der Waals surface area contributed by atoms with Crippen LogP contribution in [0.5, 0.6) is 0 Å². The fourth-order valence-electron chi connectivity index (χ4n) is 9.83. The van der Waals surface area contributed by atoms with Crippen LogP contribution < -0.4 is 0 Å². The van der Waals surface area contributed by atoms with E-state index in [2.05, 4.69) is 159 Å². The first-order valence-electron chi connectivity index (χ1n) is 21.0. The molecule has 0 aliphatic heterocycles. The quantitative estimate of drug-likeness (QED) is 0.161. The molecule has 4 nitrogen and oxygen atoms in total. The van der Waals surface area contributed by atoms with Gasteiger partial charge in [0.05, 0.1) is 22.4 Å². The van der Waals surface area contributed by atoms with Gasteiger partial charge in [-0.05, 0) is 92.4 Å². The van der Waals surface area contributed by atoms with Gasteiger partial charge in [0.2, 0.25) is 0 Å². The van der Waals surface area contributed by atoms with Gasteiger partial charge in [0.15, 0.2) is 0 Å². The molecule has 2 bridgehead atoms. The zero-order valence-electron chi connectivity index (χ0n) is 34.5. The molecule has 0 atom stereocenters. The van der Waals surface area contributed by atoms with E-state index in [4.69, 9.17) is 9.40 Å². The van der Waals surface area contributed by atoms with Crippen LogP contribution in [-0.2, 0) is 20.1 Å². The Morgan fingerprint density at radius 1 is 0.574 bits per heavy atom. The zero-order chi connectivity index (χ0) is 40.5. The number of nitrogens with zero attached hydrogens (tertiary/aromatic N) is 3. The van der Waals surface area contributed by atoms with Gasteiger partial charge in [-0.1, -0.05) is 130 Å². The van der Waals surface area contributed by atoms with E-state index in [9.17, 15) is 0 Å². The SMILES string of the molecule is CC(C)c1cccc(C(C)C)c1-n1c(-c2[c-]ccc3c2oc2cc4c(cc23)C2c3ccccc3C4c3ccccc32)nc2ccccc21.[Ir].[c-]1ccccc1-c1ccccn1. The van der Waals surface area contributed by atoms with Crippen LogP contribution in [0.25, 0.3) is 61.3 Å². The van der Waals surface area contributed by atoms with Crippen molar-refractivity contribution in [3.63, 3.8) is 0 Å². The Bertz CT molecular complexity index is 3120. The van der Waals surface area contributed by atoms with Crippen LogP contribution in [0.1, 0.15) is 95.9 Å². The van der Waals surface area contributed by atoms with Gasteiger partial charge in [-0.2, -0.15) is 0 Å². The second kappa shape index (κ2) is 15.6. The molecule has 3 aliphatic carbocycles. The zero-order valence-corrected chi connectivity index (χ0v) is 36.9. The summed E-state index contributed by atoms with van der Waals surface area (Å²) in [6, 6.07) is 62.6. The predicted octanol–water partition coefficient (Wildman–Crippen LogP) is 14.2. The van der Waals surface area contributed by atoms with Gasteiger partial charge in [0.1, 0.15) is 5.58 Å². The normalized spacial score (nSPS) is 14.7. The van der Waals surface area contributed by atoms with E-state index >= 15 is 0 Å². The van der Waals surface area contributed by atoms with Crippen LogP contribution >= 0.6 is 0 Å². The number of pyridine rings is 1. The monoisotopic (exact) mass is 966 g/mol. The Hall–Kier alpha value is -6.39. The van der Waals surface area contributed by atoms with E-state index in [1.165, 1.54) is 50.2 Å². The minimum atomic E-state index is 0. The minimum Gasteiger partial charge on any atom is -0.501 e. The molecule has 0 fully saturated rings. The Morgan fingerprint density at radius 2 is 1.20 bits per heavy atom. The average Bonchev–Trinajstić information content (AvgIpc) is 3.87. The Labute approximate surface area is 370 Å². The van der Waals surface area contributed by atoms with Gasteiger partial charge in [-0.15, -0.1) is 54.1 Å². The molecule has 13 rings (SSSR count). The third-order valence-corrected chi connectivity index (χ3v) is 12.5. The number of fused-ring (bicyclic) bond motifs is 4. The number of aromatic nitrogens is 3. The number of hydrogen-bond acceptors (Lipinski definition) is 3. The van der Waals surface area contributed by atoms with Crippen molar-refractivity contribution in [2.45, 2.75) is 51.4 Å². The molecule has 299 valence electrons. The second-order valence-corrected chi connectivity index (χ2v) is 16.6. The number of benzene rings is 7. The third kappa shape index (κ3) is 6.29. The molecule has 0 N–H and O–H groups in total. The Balaban J connectivity index is 0.000000296. The molecule has 0 spiro atoms. The average molecular weight is 966 g/mol. The van der Waals surface area contributed by atoms with Crippen molar-refractivity contribution in [3.8, 4) is 28.3 Å². The summed E-state index contributed by atoms with van der Waals surface area (Å²) >= 11 is 0. The Morgan fingerprint density at radius 3 is 1.82 bits per heavy atom. The summed E-state index contributed by atoms with van der Waals surface area (Å²) in [7, 11) is 0. The van der Waals surface area contributed by atoms with Crippen LogP contribution in [0.2, 0.25) is 0 Å². The second-order valence-electron chi connectivity index (χ2n) is 16.6. The van der Waals surface area contributed by atoms with Gasteiger partial charge in [0.25, 0.3) is 0 Å². The molecular formula is C56H43IrN3O-2. The van der Waals surface area contributed by atoms with E-state index < -0.39 is 0 Å². The van der Waals surface area contributed by atoms with E-state index in [1.54, 1.807) is 6.20 Å². The summed E-state index contributed by atoms with van der Waals surface area (Å²) in [6.07, 6.45) is 1.79. The van der Waals surface area contributed by atoms with Crippen LogP contribution in [0.3, 0.4) is 0 Å². The van der Waals surface area contributed by atoms with Crippen molar-refractivity contribution in [2.75, 3.05) is 0 Å². The summed E-state index contributed by atoms with van der Waals surface area (Å²) in [5.74, 6) is 1.96. The summed E-state index contributed by atoms with van der Waals surface area (Å²) in [5, 5.41) is 2.25. The van der Waals surface area contributed by atoms with Crippen LogP contribution in [0.4, 0.5) is 0 Å². The largest absolute Gasteiger partial charge is 0.501 e. The number of furan rings is 1. The molecule has 1 radical (unpaired) electrons. The molecule has 61 heavy (non-hydrogen) atoms. The minimum absolute atomic E-state index is 0. The maximum absolute atomic E-state index is 6.95. The molecule has 3 heterocycles. The molecule has 10 aromatic rings. The van der Waals surface area contributed by atoms with Crippen molar-refractivity contribution in [3.05, 3.63) is 221 Å². The topological polar surface area (TPSA) is 43.9 Å². The van der Waals surface area contributed by atoms with Crippen molar-refractivity contribution < 1.29 is 24.5 Å². The molecule has 3 aromatic heterocycles. The van der Waals surface area contributed by atoms with Gasteiger partial charge in [0, 0.05) is 49.2 Å². The molecule has 0 amide bonds. The molecule has 3 aliphatic rings. The summed E-state index contributed by atoms with van der Waals surface area (Å²) in [5.41, 5.74) is 19.0. The molecule has 0 saturated carbocycles. The van der Waals surface area contributed by atoms with Gasteiger partial charge >= 0.3 is 0 Å². The fraction of sp³-hybridized carbons (Fsp3) is 0.143. The summed E-state index contributed by atoms with van der Waals surface area (Å²) in [6.45, 7) is 9.11. The first-order valence-corrected chi connectivity index (χ1v) is 21.0. The third-order valence-electron chi connectivity index (χ3n) is 12.5.